The summed E-state index contributed by atoms with van der Waals surface area (Å²) in [6.07, 6.45) is 0. The molecule has 0 N–H and O–H groups in total. The Balaban J connectivity index is 1.84. The highest BCUT2D eigenvalue weighted by Gasteiger charge is 2.30. The number of carbonyl (C=O) groups excluding carboxylic acids is 1. The molecule has 4 rings (SSSR count). The Kier molecular flexibility index (Phi) is 6.38. The zero-order valence-electron chi connectivity index (χ0n) is 17.1. The molecule has 0 unspecified atom stereocenters. The predicted octanol–water partition coefficient (Wildman–Crippen LogP) is 6.39. The van der Waals surface area contributed by atoms with Gasteiger partial charge in [-0.25, -0.2) is 31.1 Å². The van der Waals surface area contributed by atoms with Crippen molar-refractivity contribution in [3.05, 3.63) is 101 Å². The van der Waals surface area contributed by atoms with Crippen LogP contribution < -0.4 is 4.74 Å². The Morgan fingerprint density at radius 3 is 1.94 bits per heavy atom. The Bertz CT molecular complexity index is 1360. The molecule has 1 heterocycles. The van der Waals surface area contributed by atoms with Crippen LogP contribution >= 0.6 is 11.8 Å². The fourth-order valence-corrected chi connectivity index (χ4v) is 3.92. The van der Waals surface area contributed by atoms with Gasteiger partial charge in [-0.3, -0.25) is 0 Å². The van der Waals surface area contributed by atoms with E-state index in [1.807, 2.05) is 0 Å². The van der Waals surface area contributed by atoms with E-state index in [0.717, 1.165) is 28.9 Å². The van der Waals surface area contributed by atoms with Crippen molar-refractivity contribution in [2.75, 3.05) is 0 Å². The lowest BCUT2D eigenvalue weighted by Crippen LogP contribution is -2.12. The zero-order chi connectivity index (χ0) is 24.6. The Morgan fingerprint density at radius 2 is 1.35 bits per heavy atom. The summed E-state index contributed by atoms with van der Waals surface area (Å²) in [7, 11) is 0. The van der Waals surface area contributed by atoms with Gasteiger partial charge in [-0.1, -0.05) is 30.0 Å². The van der Waals surface area contributed by atoms with Gasteiger partial charge in [0.05, 0.1) is 26.7 Å². The van der Waals surface area contributed by atoms with Crippen LogP contribution in [0.3, 0.4) is 0 Å². The molecule has 0 aliphatic carbocycles. The number of hydrogen-bond donors (Lipinski definition) is 0. The fourth-order valence-electron chi connectivity index (χ4n) is 2.95. The van der Waals surface area contributed by atoms with Gasteiger partial charge in [-0.2, -0.15) is 9.78 Å². The third-order valence-electron chi connectivity index (χ3n) is 4.61. The minimum absolute atomic E-state index is 0.0490. The van der Waals surface area contributed by atoms with Crippen molar-refractivity contribution in [2.24, 2.45) is 0 Å². The van der Waals surface area contributed by atoms with Crippen molar-refractivity contribution in [3.63, 3.8) is 0 Å². The number of ether oxygens (including phenoxy) is 1. The monoisotopic (exact) mass is 494 g/mol. The molecule has 11 heteroatoms. The molecule has 0 atom stereocenters. The number of hydrogen-bond acceptors (Lipinski definition) is 4. The summed E-state index contributed by atoms with van der Waals surface area (Å²) in [6, 6.07) is 12.6. The lowest BCUT2D eigenvalue weighted by atomic mass is 10.2. The van der Waals surface area contributed by atoms with E-state index >= 15 is 0 Å². The number of para-hydroxylation sites is 1. The minimum Gasteiger partial charge on any atom is -0.402 e. The highest BCUT2D eigenvalue weighted by atomic mass is 32.2. The molecule has 0 saturated heterocycles. The van der Waals surface area contributed by atoms with Crippen LogP contribution in [-0.4, -0.2) is 15.7 Å². The molecule has 0 bridgehead atoms. The number of esters is 1. The molecule has 4 aromatic rings. The van der Waals surface area contributed by atoms with Crippen molar-refractivity contribution in [1.82, 2.24) is 9.78 Å². The van der Waals surface area contributed by atoms with E-state index < -0.39 is 45.8 Å². The number of aryl methyl sites for hydroxylation is 1. The molecule has 0 aliphatic rings. The van der Waals surface area contributed by atoms with E-state index in [4.69, 9.17) is 4.74 Å². The molecule has 0 fully saturated rings. The van der Waals surface area contributed by atoms with Crippen molar-refractivity contribution < 1.29 is 35.9 Å². The average molecular weight is 494 g/mol. The van der Waals surface area contributed by atoms with Gasteiger partial charge in [0.2, 0.25) is 11.7 Å². The summed E-state index contributed by atoms with van der Waals surface area (Å²) in [4.78, 5) is 11.3. The fraction of sp³-hybridized carbons (Fsp3) is 0.0435. The van der Waals surface area contributed by atoms with Crippen molar-refractivity contribution in [1.29, 1.82) is 0 Å². The lowest BCUT2D eigenvalue weighted by molar-refractivity contribution is 0.0718. The van der Waals surface area contributed by atoms with Crippen molar-refractivity contribution >= 4 is 17.7 Å². The summed E-state index contributed by atoms with van der Waals surface area (Å²) < 4.78 is 89.4. The third kappa shape index (κ3) is 4.26. The summed E-state index contributed by atoms with van der Waals surface area (Å²) in [6.45, 7) is 1.41. The summed E-state index contributed by atoms with van der Waals surface area (Å²) in [5, 5.41) is 4.21. The van der Waals surface area contributed by atoms with Crippen molar-refractivity contribution in [2.45, 2.75) is 16.7 Å². The number of rotatable bonds is 5. The van der Waals surface area contributed by atoms with E-state index in [1.54, 1.807) is 30.3 Å². The second-order valence-electron chi connectivity index (χ2n) is 6.86. The van der Waals surface area contributed by atoms with Crippen LogP contribution in [0, 0.1) is 41.8 Å². The highest BCUT2D eigenvalue weighted by molar-refractivity contribution is 7.99. The van der Waals surface area contributed by atoms with Gasteiger partial charge in [-0.05, 0) is 43.3 Å². The smallest absolute Gasteiger partial charge is 0.344 e. The molecule has 3 aromatic carbocycles. The maximum Gasteiger partial charge on any atom is 0.344 e. The van der Waals surface area contributed by atoms with Crippen LogP contribution in [0.25, 0.3) is 5.69 Å². The quantitative estimate of drug-likeness (QED) is 0.140. The maximum absolute atomic E-state index is 14.3. The molecular formula is C23H12F6N2O2S. The zero-order valence-corrected chi connectivity index (χ0v) is 17.9. The first kappa shape index (κ1) is 23.4. The first-order valence-corrected chi connectivity index (χ1v) is 10.3. The molecule has 0 amide bonds. The molecule has 174 valence electrons. The molecule has 0 saturated carbocycles. The molecular weight excluding hydrogens is 482 g/mol. The normalized spacial score (nSPS) is 11.0. The van der Waals surface area contributed by atoms with Crippen LogP contribution in [0.4, 0.5) is 26.3 Å². The van der Waals surface area contributed by atoms with E-state index in [0.29, 0.717) is 5.69 Å². The number of halogens is 6. The van der Waals surface area contributed by atoms with Gasteiger partial charge in [-0.15, -0.1) is 0 Å². The molecule has 4 nitrogen and oxygen atoms in total. The van der Waals surface area contributed by atoms with Crippen LogP contribution in [0.2, 0.25) is 0 Å². The van der Waals surface area contributed by atoms with Crippen LogP contribution in [0.15, 0.2) is 64.4 Å². The standard InChI is InChI=1S/C23H12F6N2O2S/c1-11-20(34-21-18(28)16(26)15(25)17(27)19(21)29)22(31(30-11)14-5-3-2-4-6-14)33-23(32)12-7-9-13(24)10-8-12/h2-10H,1H3. The van der Waals surface area contributed by atoms with Crippen LogP contribution in [0.5, 0.6) is 5.88 Å². The van der Waals surface area contributed by atoms with Gasteiger partial charge in [0.15, 0.2) is 23.3 Å². The van der Waals surface area contributed by atoms with Crippen molar-refractivity contribution in [3.8, 4) is 11.6 Å². The van der Waals surface area contributed by atoms with Gasteiger partial charge < -0.3 is 4.74 Å². The van der Waals surface area contributed by atoms with Gasteiger partial charge >= 0.3 is 5.97 Å². The number of carbonyl (C=O) groups is 1. The number of benzene rings is 3. The average Bonchev–Trinajstić information content (AvgIpc) is 3.14. The predicted molar refractivity (Wildman–Crippen MR) is 110 cm³/mol. The Morgan fingerprint density at radius 1 is 0.794 bits per heavy atom. The van der Waals surface area contributed by atoms with E-state index in [1.165, 1.54) is 6.92 Å². The maximum atomic E-state index is 14.3. The van der Waals surface area contributed by atoms with Gasteiger partial charge in [0.1, 0.15) is 5.82 Å². The number of nitrogens with zero attached hydrogens (tertiary/aromatic N) is 2. The Labute approximate surface area is 192 Å². The van der Waals surface area contributed by atoms with Gasteiger partial charge in [0.25, 0.3) is 0 Å². The Hall–Kier alpha value is -3.73. The summed E-state index contributed by atoms with van der Waals surface area (Å²) in [5.74, 6) is -12.5. The first-order valence-electron chi connectivity index (χ1n) is 9.51. The van der Waals surface area contributed by atoms with E-state index in [2.05, 4.69) is 5.10 Å². The van der Waals surface area contributed by atoms with Crippen LogP contribution in [-0.2, 0) is 0 Å². The second-order valence-corrected chi connectivity index (χ2v) is 7.89. The summed E-state index contributed by atoms with van der Waals surface area (Å²) >= 11 is 0.169. The summed E-state index contributed by atoms with van der Waals surface area (Å²) in [5.41, 5.74) is 0.420. The molecule has 34 heavy (non-hydrogen) atoms. The second kappa shape index (κ2) is 9.26. The molecule has 1 aromatic heterocycles. The molecule has 0 aliphatic heterocycles. The third-order valence-corrected chi connectivity index (χ3v) is 5.85. The van der Waals surface area contributed by atoms with Crippen LogP contribution in [0.1, 0.15) is 16.1 Å². The molecule has 0 spiro atoms. The van der Waals surface area contributed by atoms with E-state index in [9.17, 15) is 31.1 Å². The number of aromatic nitrogens is 2. The largest absolute Gasteiger partial charge is 0.402 e. The minimum atomic E-state index is -2.29. The SMILES string of the molecule is Cc1nn(-c2ccccc2)c(OC(=O)c2ccc(F)cc2)c1Sc1c(F)c(F)c(F)c(F)c1F. The molecule has 0 radical (unpaired) electrons. The van der Waals surface area contributed by atoms with E-state index in [-0.39, 0.29) is 33.8 Å². The first-order chi connectivity index (χ1) is 16.2. The van der Waals surface area contributed by atoms with Gasteiger partial charge in [0, 0.05) is 0 Å². The highest BCUT2D eigenvalue weighted by Crippen LogP contribution is 2.42. The lowest BCUT2D eigenvalue weighted by Gasteiger charge is -2.11. The topological polar surface area (TPSA) is 44.1 Å².